The molecule has 1 aliphatic rings. The van der Waals surface area contributed by atoms with Crippen LogP contribution in [0.1, 0.15) is 30.9 Å². The second kappa shape index (κ2) is 4.60. The minimum absolute atomic E-state index is 0.164. The number of hydrogen-bond acceptors (Lipinski definition) is 1. The molecule has 20 heavy (non-hydrogen) atoms. The Kier molecular flexibility index (Phi) is 2.75. The Hall–Kier alpha value is -1.86. The molecule has 1 nitrogen and oxygen atoms in total. The summed E-state index contributed by atoms with van der Waals surface area (Å²) >= 11 is 0. The predicted molar refractivity (Wildman–Crippen MR) is 85.7 cm³/mol. The Labute approximate surface area is 119 Å². The van der Waals surface area contributed by atoms with E-state index in [2.05, 4.69) is 54.6 Å². The third-order valence-electron chi connectivity index (χ3n) is 4.48. The monoisotopic (exact) mass is 261 g/mol. The van der Waals surface area contributed by atoms with Crippen molar-refractivity contribution in [2.24, 2.45) is 11.7 Å². The Bertz CT molecular complexity index is 771. The highest BCUT2D eigenvalue weighted by Gasteiger charge is 2.25. The van der Waals surface area contributed by atoms with Gasteiger partial charge in [0.15, 0.2) is 0 Å². The molecule has 0 heterocycles. The van der Waals surface area contributed by atoms with Gasteiger partial charge in [-0.25, -0.2) is 0 Å². The van der Waals surface area contributed by atoms with Crippen LogP contribution >= 0.6 is 0 Å². The largest absolute Gasteiger partial charge is 0.324 e. The topological polar surface area (TPSA) is 26.0 Å². The summed E-state index contributed by atoms with van der Waals surface area (Å²) in [6.45, 7) is 0. The van der Waals surface area contributed by atoms with Crippen LogP contribution in [0.15, 0.2) is 54.6 Å². The third-order valence-corrected chi connectivity index (χ3v) is 4.48. The van der Waals surface area contributed by atoms with E-state index in [1.165, 1.54) is 39.9 Å². The summed E-state index contributed by atoms with van der Waals surface area (Å²) in [5.74, 6) is 0.857. The zero-order chi connectivity index (χ0) is 13.5. The Balaban J connectivity index is 1.96. The first kappa shape index (κ1) is 11.9. The summed E-state index contributed by atoms with van der Waals surface area (Å²) in [6.07, 6.45) is 3.85. The molecular weight excluding hydrogens is 242 g/mol. The number of rotatable bonds is 3. The second-order valence-corrected chi connectivity index (χ2v) is 6.02. The van der Waals surface area contributed by atoms with Crippen molar-refractivity contribution in [1.29, 1.82) is 0 Å². The fraction of sp³-hybridized carbons (Fsp3) is 0.263. The summed E-state index contributed by atoms with van der Waals surface area (Å²) in [5.41, 5.74) is 7.80. The molecule has 1 atom stereocenters. The lowest BCUT2D eigenvalue weighted by atomic mass is 9.92. The number of fused-ring (bicyclic) bond motifs is 3. The van der Waals surface area contributed by atoms with Gasteiger partial charge in [-0.2, -0.15) is 0 Å². The van der Waals surface area contributed by atoms with Gasteiger partial charge in [0.2, 0.25) is 0 Å². The molecular formula is C19H19N. The molecule has 1 fully saturated rings. The highest BCUT2D eigenvalue weighted by molar-refractivity contribution is 6.09. The van der Waals surface area contributed by atoms with Gasteiger partial charge in [-0.15, -0.1) is 0 Å². The van der Waals surface area contributed by atoms with Crippen LogP contribution in [0.3, 0.4) is 0 Å². The van der Waals surface area contributed by atoms with Gasteiger partial charge in [0.25, 0.3) is 0 Å². The van der Waals surface area contributed by atoms with Crippen LogP contribution in [0.25, 0.3) is 21.5 Å². The zero-order valence-corrected chi connectivity index (χ0v) is 11.5. The van der Waals surface area contributed by atoms with E-state index in [1.54, 1.807) is 0 Å². The molecule has 0 spiro atoms. The van der Waals surface area contributed by atoms with E-state index in [4.69, 9.17) is 5.73 Å². The Morgan fingerprint density at radius 3 is 2.30 bits per heavy atom. The predicted octanol–water partition coefficient (Wildman–Crippen LogP) is 4.79. The number of benzene rings is 3. The van der Waals surface area contributed by atoms with Gasteiger partial charge >= 0.3 is 0 Å². The van der Waals surface area contributed by atoms with Crippen molar-refractivity contribution in [3.63, 3.8) is 0 Å². The molecule has 1 heteroatoms. The van der Waals surface area contributed by atoms with E-state index in [0.717, 1.165) is 12.3 Å². The molecule has 0 radical (unpaired) electrons. The molecule has 0 saturated heterocycles. The highest BCUT2D eigenvalue weighted by atomic mass is 14.6. The van der Waals surface area contributed by atoms with Crippen LogP contribution < -0.4 is 5.73 Å². The van der Waals surface area contributed by atoms with E-state index >= 15 is 0 Å². The van der Waals surface area contributed by atoms with Crippen molar-refractivity contribution in [3.05, 3.63) is 60.2 Å². The maximum atomic E-state index is 6.49. The van der Waals surface area contributed by atoms with Crippen molar-refractivity contribution in [1.82, 2.24) is 0 Å². The average molecular weight is 261 g/mol. The molecule has 2 N–H and O–H groups in total. The minimum atomic E-state index is 0.164. The molecule has 0 aliphatic heterocycles. The van der Waals surface area contributed by atoms with Gasteiger partial charge in [0, 0.05) is 6.04 Å². The molecule has 4 rings (SSSR count). The SMILES string of the molecule is N[C@H](CC1CC1)c1cc2ccccc2c2ccccc12. The summed E-state index contributed by atoms with van der Waals surface area (Å²) in [7, 11) is 0. The van der Waals surface area contributed by atoms with E-state index in [1.807, 2.05) is 0 Å². The highest BCUT2D eigenvalue weighted by Crippen LogP contribution is 2.39. The second-order valence-electron chi connectivity index (χ2n) is 6.02. The van der Waals surface area contributed by atoms with E-state index in [0.29, 0.717) is 0 Å². The Morgan fingerprint density at radius 1 is 0.900 bits per heavy atom. The molecule has 0 aromatic heterocycles. The van der Waals surface area contributed by atoms with Crippen LogP contribution in [0.5, 0.6) is 0 Å². The van der Waals surface area contributed by atoms with Gasteiger partial charge in [0.1, 0.15) is 0 Å². The van der Waals surface area contributed by atoms with E-state index in [9.17, 15) is 0 Å². The standard InChI is InChI=1S/C19H19N/c20-19(11-13-9-10-13)18-12-14-5-1-2-6-15(14)16-7-3-4-8-17(16)18/h1-8,12-13,19H,9-11,20H2/t19-/m1/s1. The van der Waals surface area contributed by atoms with Crippen molar-refractivity contribution < 1.29 is 0 Å². The van der Waals surface area contributed by atoms with Gasteiger partial charge in [-0.1, -0.05) is 61.4 Å². The number of nitrogens with two attached hydrogens (primary N) is 1. The lowest BCUT2D eigenvalue weighted by molar-refractivity contribution is 0.601. The normalized spacial score (nSPS) is 16.6. The van der Waals surface area contributed by atoms with Crippen LogP contribution in [-0.4, -0.2) is 0 Å². The van der Waals surface area contributed by atoms with Crippen molar-refractivity contribution in [2.45, 2.75) is 25.3 Å². The van der Waals surface area contributed by atoms with Gasteiger partial charge < -0.3 is 5.73 Å². The third kappa shape index (κ3) is 1.99. The minimum Gasteiger partial charge on any atom is -0.324 e. The molecule has 1 saturated carbocycles. The van der Waals surface area contributed by atoms with Crippen molar-refractivity contribution >= 4 is 21.5 Å². The summed E-state index contributed by atoms with van der Waals surface area (Å²) in [6, 6.07) is 19.7. The maximum absolute atomic E-state index is 6.49. The van der Waals surface area contributed by atoms with Gasteiger partial charge in [-0.3, -0.25) is 0 Å². The van der Waals surface area contributed by atoms with E-state index < -0.39 is 0 Å². The van der Waals surface area contributed by atoms with Crippen LogP contribution in [0.2, 0.25) is 0 Å². The van der Waals surface area contributed by atoms with E-state index in [-0.39, 0.29) is 6.04 Å². The molecule has 3 aromatic rings. The van der Waals surface area contributed by atoms with Crippen molar-refractivity contribution in [3.8, 4) is 0 Å². The summed E-state index contributed by atoms with van der Waals surface area (Å²) < 4.78 is 0. The smallest absolute Gasteiger partial charge is 0.0303 e. The summed E-state index contributed by atoms with van der Waals surface area (Å²) in [5, 5.41) is 5.27. The quantitative estimate of drug-likeness (QED) is 0.674. The molecule has 3 aromatic carbocycles. The average Bonchev–Trinajstić information content (AvgIpc) is 3.30. The van der Waals surface area contributed by atoms with Gasteiger partial charge in [0.05, 0.1) is 0 Å². The fourth-order valence-corrected chi connectivity index (χ4v) is 3.23. The van der Waals surface area contributed by atoms with Crippen LogP contribution in [0, 0.1) is 5.92 Å². The lowest BCUT2D eigenvalue weighted by Gasteiger charge is -2.16. The maximum Gasteiger partial charge on any atom is 0.0303 e. The molecule has 1 aliphatic carbocycles. The first-order valence-corrected chi connectivity index (χ1v) is 7.49. The number of hydrogen-bond donors (Lipinski definition) is 1. The molecule has 100 valence electrons. The summed E-state index contributed by atoms with van der Waals surface area (Å²) in [4.78, 5) is 0. The lowest BCUT2D eigenvalue weighted by Crippen LogP contribution is -2.11. The molecule has 0 unspecified atom stereocenters. The Morgan fingerprint density at radius 2 is 1.55 bits per heavy atom. The molecule has 0 bridgehead atoms. The van der Waals surface area contributed by atoms with Crippen LogP contribution in [0.4, 0.5) is 0 Å². The van der Waals surface area contributed by atoms with Crippen LogP contribution in [-0.2, 0) is 0 Å². The van der Waals surface area contributed by atoms with Crippen molar-refractivity contribution in [2.75, 3.05) is 0 Å². The first-order valence-electron chi connectivity index (χ1n) is 7.49. The van der Waals surface area contributed by atoms with Gasteiger partial charge in [-0.05, 0) is 45.5 Å². The first-order chi connectivity index (χ1) is 9.83. The zero-order valence-electron chi connectivity index (χ0n) is 11.5. The molecule has 0 amide bonds. The fourth-order valence-electron chi connectivity index (χ4n) is 3.23.